The van der Waals surface area contributed by atoms with E-state index in [1.807, 2.05) is 12.1 Å². The van der Waals surface area contributed by atoms with Gasteiger partial charge in [-0.25, -0.2) is 0 Å². The SMILES string of the molecule is CCCNCc1cc(OCC2CN(C)CCO2)ccc1Br. The Hall–Kier alpha value is -0.620. The van der Waals surface area contributed by atoms with Crippen molar-refractivity contribution in [1.82, 2.24) is 10.2 Å². The van der Waals surface area contributed by atoms with Crippen molar-refractivity contribution in [2.75, 3.05) is 39.9 Å². The monoisotopic (exact) mass is 356 g/mol. The number of hydrogen-bond donors (Lipinski definition) is 1. The van der Waals surface area contributed by atoms with Crippen LogP contribution in [0.3, 0.4) is 0 Å². The third-order valence-corrected chi connectivity index (χ3v) is 4.31. The fourth-order valence-electron chi connectivity index (χ4n) is 2.33. The van der Waals surface area contributed by atoms with Crippen LogP contribution in [0.15, 0.2) is 22.7 Å². The van der Waals surface area contributed by atoms with Crippen molar-refractivity contribution in [2.24, 2.45) is 0 Å². The second-order valence-electron chi connectivity index (χ2n) is 5.50. The number of hydrogen-bond acceptors (Lipinski definition) is 4. The molecule has 0 spiro atoms. The molecule has 0 radical (unpaired) electrons. The maximum absolute atomic E-state index is 5.90. The first kappa shape index (κ1) is 16.7. The lowest BCUT2D eigenvalue weighted by molar-refractivity contribution is -0.0403. The summed E-state index contributed by atoms with van der Waals surface area (Å²) in [6, 6.07) is 6.14. The van der Waals surface area contributed by atoms with Crippen LogP contribution >= 0.6 is 15.9 Å². The first-order chi connectivity index (χ1) is 10.2. The quantitative estimate of drug-likeness (QED) is 0.761. The van der Waals surface area contributed by atoms with Gasteiger partial charge in [-0.05, 0) is 43.8 Å². The molecule has 0 amide bonds. The zero-order valence-electron chi connectivity index (χ0n) is 12.9. The lowest BCUT2D eigenvalue weighted by atomic mass is 10.2. The van der Waals surface area contributed by atoms with Gasteiger partial charge in [-0.3, -0.25) is 0 Å². The summed E-state index contributed by atoms with van der Waals surface area (Å²) in [6.45, 7) is 7.38. The molecular weight excluding hydrogens is 332 g/mol. The molecule has 1 unspecified atom stereocenters. The zero-order valence-corrected chi connectivity index (χ0v) is 14.5. The van der Waals surface area contributed by atoms with Crippen molar-refractivity contribution < 1.29 is 9.47 Å². The number of likely N-dealkylation sites (N-methyl/N-ethyl adjacent to an activating group) is 1. The van der Waals surface area contributed by atoms with Crippen LogP contribution in [0, 0.1) is 0 Å². The molecule has 1 heterocycles. The van der Waals surface area contributed by atoms with E-state index in [-0.39, 0.29) is 6.10 Å². The second-order valence-corrected chi connectivity index (χ2v) is 6.35. The number of benzene rings is 1. The third kappa shape index (κ3) is 5.58. The molecule has 0 saturated carbocycles. The van der Waals surface area contributed by atoms with Crippen LogP contribution in [-0.2, 0) is 11.3 Å². The lowest BCUT2D eigenvalue weighted by Gasteiger charge is -2.29. The van der Waals surface area contributed by atoms with Crippen molar-refractivity contribution in [1.29, 1.82) is 0 Å². The molecule has 1 aliphatic rings. The van der Waals surface area contributed by atoms with Gasteiger partial charge in [0.1, 0.15) is 18.5 Å². The molecule has 1 saturated heterocycles. The molecule has 2 rings (SSSR count). The zero-order chi connectivity index (χ0) is 15.1. The van der Waals surface area contributed by atoms with Crippen LogP contribution in [0.1, 0.15) is 18.9 Å². The minimum atomic E-state index is 0.161. The Balaban J connectivity index is 1.86. The standard InChI is InChI=1S/C16H25BrN2O2/c1-3-6-18-10-13-9-14(4-5-16(13)17)21-12-15-11-19(2)7-8-20-15/h4-5,9,15,18H,3,6-8,10-12H2,1-2H3. The van der Waals surface area contributed by atoms with Gasteiger partial charge in [-0.1, -0.05) is 22.9 Å². The Labute approximate surface area is 135 Å². The number of morpholine rings is 1. The van der Waals surface area contributed by atoms with Crippen LogP contribution in [0.4, 0.5) is 0 Å². The van der Waals surface area contributed by atoms with E-state index in [1.54, 1.807) is 0 Å². The molecule has 0 bridgehead atoms. The van der Waals surface area contributed by atoms with Crippen molar-refractivity contribution in [2.45, 2.75) is 26.0 Å². The van der Waals surface area contributed by atoms with Crippen molar-refractivity contribution in [3.05, 3.63) is 28.2 Å². The summed E-state index contributed by atoms with van der Waals surface area (Å²) in [5, 5.41) is 3.41. The Morgan fingerprint density at radius 2 is 2.33 bits per heavy atom. The van der Waals surface area contributed by atoms with Gasteiger partial charge >= 0.3 is 0 Å². The number of nitrogens with zero attached hydrogens (tertiary/aromatic N) is 1. The molecule has 4 nitrogen and oxygen atoms in total. The van der Waals surface area contributed by atoms with Crippen LogP contribution < -0.4 is 10.1 Å². The minimum Gasteiger partial charge on any atom is -0.491 e. The van der Waals surface area contributed by atoms with E-state index in [0.29, 0.717) is 6.61 Å². The van der Waals surface area contributed by atoms with Crippen molar-refractivity contribution >= 4 is 15.9 Å². The highest BCUT2D eigenvalue weighted by Crippen LogP contribution is 2.23. The highest BCUT2D eigenvalue weighted by molar-refractivity contribution is 9.10. The van der Waals surface area contributed by atoms with Crippen molar-refractivity contribution in [3.8, 4) is 5.75 Å². The van der Waals surface area contributed by atoms with E-state index in [2.05, 4.69) is 46.2 Å². The molecule has 1 aromatic carbocycles. The summed E-state index contributed by atoms with van der Waals surface area (Å²) in [5.74, 6) is 0.906. The lowest BCUT2D eigenvalue weighted by Crippen LogP contribution is -2.42. The van der Waals surface area contributed by atoms with E-state index >= 15 is 0 Å². The highest BCUT2D eigenvalue weighted by Gasteiger charge is 2.18. The number of nitrogens with one attached hydrogen (secondary N) is 1. The predicted molar refractivity (Wildman–Crippen MR) is 88.9 cm³/mol. The van der Waals surface area contributed by atoms with Gasteiger partial charge < -0.3 is 19.7 Å². The van der Waals surface area contributed by atoms with Crippen LogP contribution in [-0.4, -0.2) is 50.9 Å². The van der Waals surface area contributed by atoms with Crippen molar-refractivity contribution in [3.63, 3.8) is 0 Å². The van der Waals surface area contributed by atoms with Gasteiger partial charge in [0.25, 0.3) is 0 Å². The van der Waals surface area contributed by atoms with Crippen LogP contribution in [0.5, 0.6) is 5.75 Å². The average Bonchev–Trinajstić information content (AvgIpc) is 2.48. The van der Waals surface area contributed by atoms with E-state index < -0.39 is 0 Å². The first-order valence-corrected chi connectivity index (χ1v) is 8.40. The molecule has 118 valence electrons. The Morgan fingerprint density at radius 1 is 1.48 bits per heavy atom. The molecule has 21 heavy (non-hydrogen) atoms. The Bertz CT molecular complexity index is 442. The summed E-state index contributed by atoms with van der Waals surface area (Å²) in [7, 11) is 2.12. The molecule has 0 aromatic heterocycles. The molecule has 1 aliphatic heterocycles. The largest absolute Gasteiger partial charge is 0.491 e. The smallest absolute Gasteiger partial charge is 0.119 e. The summed E-state index contributed by atoms with van der Waals surface area (Å²) in [6.07, 6.45) is 1.30. The number of rotatable bonds is 7. The Morgan fingerprint density at radius 3 is 3.10 bits per heavy atom. The Kier molecular flexibility index (Phi) is 6.96. The summed E-state index contributed by atoms with van der Waals surface area (Å²) >= 11 is 3.59. The van der Waals surface area contributed by atoms with Crippen LogP contribution in [0.25, 0.3) is 0 Å². The second kappa shape index (κ2) is 8.73. The van der Waals surface area contributed by atoms with E-state index in [9.17, 15) is 0 Å². The molecule has 1 aromatic rings. The average molecular weight is 357 g/mol. The molecule has 0 aliphatic carbocycles. The van der Waals surface area contributed by atoms with Gasteiger partial charge in [0.15, 0.2) is 0 Å². The van der Waals surface area contributed by atoms with E-state index in [1.165, 1.54) is 5.56 Å². The summed E-state index contributed by atoms with van der Waals surface area (Å²) in [4.78, 5) is 2.28. The fraction of sp³-hybridized carbons (Fsp3) is 0.625. The predicted octanol–water partition coefficient (Wildman–Crippen LogP) is 2.66. The topological polar surface area (TPSA) is 33.7 Å². The van der Waals surface area contributed by atoms with Gasteiger partial charge in [-0.15, -0.1) is 0 Å². The van der Waals surface area contributed by atoms with Gasteiger partial charge in [0.2, 0.25) is 0 Å². The normalized spacial score (nSPS) is 19.7. The molecule has 1 fully saturated rings. The minimum absolute atomic E-state index is 0.161. The molecule has 1 atom stereocenters. The number of ether oxygens (including phenoxy) is 2. The van der Waals surface area contributed by atoms with Gasteiger partial charge in [0.05, 0.1) is 6.61 Å². The third-order valence-electron chi connectivity index (χ3n) is 3.54. The number of halogens is 1. The molecule has 1 N–H and O–H groups in total. The molecular formula is C16H25BrN2O2. The summed E-state index contributed by atoms with van der Waals surface area (Å²) in [5.41, 5.74) is 1.22. The van der Waals surface area contributed by atoms with E-state index in [0.717, 1.165) is 49.4 Å². The van der Waals surface area contributed by atoms with Gasteiger partial charge in [-0.2, -0.15) is 0 Å². The first-order valence-electron chi connectivity index (χ1n) is 7.61. The summed E-state index contributed by atoms with van der Waals surface area (Å²) < 4.78 is 12.7. The highest BCUT2D eigenvalue weighted by atomic mass is 79.9. The van der Waals surface area contributed by atoms with Gasteiger partial charge in [0, 0.05) is 24.1 Å². The molecule has 5 heteroatoms. The maximum atomic E-state index is 5.90. The maximum Gasteiger partial charge on any atom is 0.119 e. The van der Waals surface area contributed by atoms with Crippen LogP contribution in [0.2, 0.25) is 0 Å². The fourth-order valence-corrected chi connectivity index (χ4v) is 2.72. The van der Waals surface area contributed by atoms with E-state index in [4.69, 9.17) is 9.47 Å².